The molecule has 1 fully saturated rings. The summed E-state index contributed by atoms with van der Waals surface area (Å²) < 4.78 is 20.8. The van der Waals surface area contributed by atoms with Crippen molar-refractivity contribution in [3.05, 3.63) is 66.1 Å². The van der Waals surface area contributed by atoms with E-state index in [0.29, 0.717) is 6.42 Å². The number of phosphoric ester groups is 1. The number of pyridine rings is 1. The van der Waals surface area contributed by atoms with Crippen LogP contribution in [0.2, 0.25) is 0 Å². The Morgan fingerprint density at radius 2 is 1.87 bits per heavy atom. The first kappa shape index (κ1) is 32.6. The normalized spacial score (nSPS) is 21.7. The Kier molecular flexibility index (Phi) is 12.2. The monoisotopic (exact) mass is 577 g/mol. The number of carboxylic acid groups (broad SMARTS) is 2. The Labute approximate surface area is 258 Å². The van der Waals surface area contributed by atoms with Crippen LogP contribution in [-0.4, -0.2) is 63.2 Å². The Morgan fingerprint density at radius 1 is 1.18 bits per heavy atom. The smallest absolute Gasteiger partial charge is 0.790 e. The third kappa shape index (κ3) is 8.72. The minimum atomic E-state index is -5.24. The van der Waals surface area contributed by atoms with E-state index >= 15 is 0 Å². The molecule has 7 N–H and O–H groups in total. The van der Waals surface area contributed by atoms with Crippen LogP contribution in [0.1, 0.15) is 22.1 Å². The number of H-pyrrole nitrogens is 1. The number of quaternary nitrogens is 1. The molecular weight excluding hydrogens is 552 g/mol. The molecule has 3 aromatic rings. The van der Waals surface area contributed by atoms with Gasteiger partial charge in [0.2, 0.25) is 0 Å². The third-order valence-corrected chi connectivity index (χ3v) is 6.04. The number of hydrogen-bond acceptors (Lipinski definition) is 10. The Morgan fingerprint density at radius 3 is 2.50 bits per heavy atom. The van der Waals surface area contributed by atoms with E-state index in [9.17, 15) is 39.3 Å². The summed E-state index contributed by atoms with van der Waals surface area (Å²) in [5, 5.41) is 40.3. The second-order valence-electron chi connectivity index (χ2n) is 8.22. The number of aliphatic hydroxyl groups excluding tert-OH is 2. The van der Waals surface area contributed by atoms with Gasteiger partial charge in [-0.05, 0) is 17.7 Å². The van der Waals surface area contributed by atoms with Gasteiger partial charge in [0.15, 0.2) is 24.5 Å². The number of aliphatic hydroxyl groups is 2. The molecule has 5 atom stereocenters. The fourth-order valence-corrected chi connectivity index (χ4v) is 4.03. The number of nitrogens with one attached hydrogen (secondary N) is 1. The zero-order chi connectivity index (χ0) is 27.3. The van der Waals surface area contributed by atoms with Gasteiger partial charge in [0, 0.05) is 29.6 Å². The van der Waals surface area contributed by atoms with Crippen LogP contribution in [-0.2, 0) is 25.0 Å². The number of aliphatic carboxylic acids is 1. The molecule has 0 aliphatic carbocycles. The minimum absolute atomic E-state index is 0. The molecule has 0 amide bonds. The topological polar surface area (TPSA) is 247 Å². The van der Waals surface area contributed by atoms with E-state index in [-0.39, 0.29) is 56.9 Å². The van der Waals surface area contributed by atoms with E-state index in [4.69, 9.17) is 9.84 Å². The van der Waals surface area contributed by atoms with Crippen LogP contribution >= 0.6 is 7.82 Å². The van der Waals surface area contributed by atoms with E-state index in [2.05, 4.69) is 15.2 Å². The fourth-order valence-electron chi connectivity index (χ4n) is 3.70. The molecule has 38 heavy (non-hydrogen) atoms. The quantitative estimate of drug-likeness (QED) is 0.0956. The van der Waals surface area contributed by atoms with E-state index in [1.54, 1.807) is 0 Å². The number of hydrogen-bond donors (Lipinski definition) is 5. The number of benzene rings is 1. The summed E-state index contributed by atoms with van der Waals surface area (Å²) in [6.07, 6.45) is -0.640. The second kappa shape index (κ2) is 14.2. The van der Waals surface area contributed by atoms with Crippen molar-refractivity contribution in [1.82, 2.24) is 4.98 Å². The molecule has 1 saturated heterocycles. The van der Waals surface area contributed by atoms with Crippen molar-refractivity contribution in [2.45, 2.75) is 37.0 Å². The van der Waals surface area contributed by atoms with Gasteiger partial charge in [0.25, 0.3) is 6.23 Å². The van der Waals surface area contributed by atoms with Crippen LogP contribution in [0.5, 0.6) is 0 Å². The summed E-state index contributed by atoms with van der Waals surface area (Å²) in [5.41, 5.74) is 5.46. The minimum Gasteiger partial charge on any atom is -0.790 e. The van der Waals surface area contributed by atoms with Gasteiger partial charge < -0.3 is 59.6 Å². The van der Waals surface area contributed by atoms with Crippen LogP contribution in [0.4, 0.5) is 0 Å². The van der Waals surface area contributed by atoms with Gasteiger partial charge in [-0.15, -0.1) is 0 Å². The Balaban J connectivity index is 0.000000277. The third-order valence-electron chi connectivity index (χ3n) is 5.58. The predicted molar refractivity (Wildman–Crippen MR) is 117 cm³/mol. The largest absolute Gasteiger partial charge is 1.00 e. The number of rotatable bonds is 8. The number of fused-ring (bicyclic) bond motifs is 1. The van der Waals surface area contributed by atoms with Gasteiger partial charge in [0.05, 0.1) is 26.0 Å². The molecule has 0 spiro atoms. The molecule has 0 unspecified atom stereocenters. The van der Waals surface area contributed by atoms with Crippen molar-refractivity contribution in [1.29, 1.82) is 0 Å². The van der Waals surface area contributed by atoms with Crippen molar-refractivity contribution in [2.24, 2.45) is 0 Å². The van der Waals surface area contributed by atoms with Gasteiger partial charge in [-0.3, -0.25) is 0 Å². The summed E-state index contributed by atoms with van der Waals surface area (Å²) in [6.45, 7) is -0.764. The first-order valence-electron chi connectivity index (χ1n) is 10.9. The maximum atomic E-state index is 10.8. The summed E-state index contributed by atoms with van der Waals surface area (Å²) in [4.78, 5) is 45.4. The van der Waals surface area contributed by atoms with Crippen LogP contribution in [0.15, 0.2) is 55.0 Å². The van der Waals surface area contributed by atoms with Crippen molar-refractivity contribution < 1.29 is 115 Å². The molecule has 0 saturated carbocycles. The number of ether oxygens (including phenoxy) is 1. The first-order chi connectivity index (χ1) is 17.4. The number of carbonyl (C=O) groups is 2. The summed E-state index contributed by atoms with van der Waals surface area (Å²) in [5.74, 6) is -2.30. The molecule has 1 aromatic carbocycles. The average Bonchev–Trinajstić information content (AvgIpc) is 3.38. The Bertz CT molecular complexity index is 1300. The molecule has 4 rings (SSSR count). The summed E-state index contributed by atoms with van der Waals surface area (Å²) in [7, 11) is -5.24. The fraction of sp³-hybridized carbons (Fsp3) is 0.318. The van der Waals surface area contributed by atoms with Crippen molar-refractivity contribution in [3.63, 3.8) is 0 Å². The molecule has 0 radical (unpaired) electrons. The molecular formula is C22H25KN3O11P. The molecule has 3 heterocycles. The number of aromatic amines is 1. The molecule has 14 nitrogen and oxygen atoms in total. The number of aromatic carboxylic acids is 1. The average molecular weight is 578 g/mol. The van der Waals surface area contributed by atoms with Crippen molar-refractivity contribution >= 4 is 30.7 Å². The zero-order valence-electron chi connectivity index (χ0n) is 20.2. The summed E-state index contributed by atoms with van der Waals surface area (Å²) in [6, 6.07) is 9.87. The van der Waals surface area contributed by atoms with Gasteiger partial charge in [-0.25, -0.2) is 4.79 Å². The van der Waals surface area contributed by atoms with Crippen molar-refractivity contribution in [2.75, 3.05) is 6.61 Å². The van der Waals surface area contributed by atoms with Crippen molar-refractivity contribution in [3.8, 4) is 0 Å². The number of phosphoric acid groups is 1. The maximum absolute atomic E-state index is 10.8. The zero-order valence-corrected chi connectivity index (χ0v) is 24.2. The van der Waals surface area contributed by atoms with Crippen LogP contribution in [0.3, 0.4) is 0 Å². The summed E-state index contributed by atoms with van der Waals surface area (Å²) >= 11 is 0. The van der Waals surface area contributed by atoms with Gasteiger partial charge in [-0.1, -0.05) is 18.2 Å². The molecule has 1 aliphatic heterocycles. The predicted octanol–water partition coefficient (Wildman–Crippen LogP) is -6.79. The van der Waals surface area contributed by atoms with Crippen LogP contribution in [0, 0.1) is 0 Å². The second-order valence-corrected chi connectivity index (χ2v) is 9.37. The van der Waals surface area contributed by atoms with Crippen LogP contribution in [0.25, 0.3) is 10.9 Å². The molecule has 1 aliphatic rings. The van der Waals surface area contributed by atoms with E-state index in [1.165, 1.54) is 22.9 Å². The van der Waals surface area contributed by atoms with Crippen LogP contribution < -0.4 is 76.6 Å². The molecule has 2 aromatic heterocycles. The SMILES string of the molecule is O=C([O-])c1ccc[n+]([C@@H]2O[C@H](COP(=O)([O-])[O-])[C@@H](O)[C@H]2O)c1.[K+].[NH3+][C@@H](Cc1c[nH]c2ccccc12)C(=O)O. The van der Waals surface area contributed by atoms with Gasteiger partial charge in [0.1, 0.15) is 12.2 Å². The van der Waals surface area contributed by atoms with Gasteiger partial charge in [-0.2, -0.15) is 4.57 Å². The van der Waals surface area contributed by atoms with E-state index < -0.39 is 56.9 Å². The first-order valence-corrected chi connectivity index (χ1v) is 12.3. The molecule has 16 heteroatoms. The maximum Gasteiger partial charge on any atom is 1.00 e. The number of carbonyl (C=O) groups excluding carboxylic acids is 1. The number of para-hydroxylation sites is 1. The van der Waals surface area contributed by atoms with E-state index in [0.717, 1.165) is 22.7 Å². The standard InChI is InChI=1S/C11H12N2O2.C11H14NO9P.K/c12-9(11(14)15)5-7-6-13-10-4-2-1-3-8(7)10;13-8-7(5-20-22(17,18)19)21-10(9(8)14)12-3-1-2-6(4-12)11(15)16;/h1-4,6,9,13H,5,12H2,(H,14,15);1-4,7-10,13-14H,5H2,(H2-,15,16,17,18,19);/q;;+1/p-1/t9-;7-,8-,9-,10-;/m01./s1. The number of carboxylic acids is 2. The Hall–Kier alpha value is -1.56. The number of aromatic nitrogens is 2. The molecule has 200 valence electrons. The number of nitrogens with zero attached hydrogens (tertiary/aromatic N) is 1. The van der Waals surface area contributed by atoms with Gasteiger partial charge >= 0.3 is 57.4 Å². The van der Waals surface area contributed by atoms with E-state index in [1.807, 2.05) is 30.5 Å². The molecule has 0 bridgehead atoms.